The first-order valence-corrected chi connectivity index (χ1v) is 7.83. The molecule has 4 rings (SSSR count). The molecule has 2 aromatic rings. The quantitative estimate of drug-likeness (QED) is 0.818. The highest BCUT2D eigenvalue weighted by atomic mass is 16.7. The van der Waals surface area contributed by atoms with Crippen LogP contribution >= 0.6 is 0 Å². The molecule has 2 aromatic carbocycles. The standard InChI is InChI=1S/C18H16N2O4/c21-17(19-13-7-8-15-16(10-13)24-11-23-15)18(22)20-9-3-5-12-4-1-2-6-14(12)20/h1-2,4,6-8,10H,3,5,9,11H2,(H,19,21). The number of carbonyl (C=O) groups excluding carboxylic acids is 2. The van der Waals surface area contributed by atoms with Crippen molar-refractivity contribution in [3.05, 3.63) is 48.0 Å². The van der Waals surface area contributed by atoms with Crippen LogP contribution in [0.1, 0.15) is 12.0 Å². The second-order valence-electron chi connectivity index (χ2n) is 5.71. The first-order valence-electron chi connectivity index (χ1n) is 7.83. The third-order valence-electron chi connectivity index (χ3n) is 4.18. The molecule has 6 nitrogen and oxygen atoms in total. The minimum Gasteiger partial charge on any atom is -0.454 e. The zero-order valence-corrected chi connectivity index (χ0v) is 13.0. The van der Waals surface area contributed by atoms with Crippen molar-refractivity contribution in [3.8, 4) is 11.5 Å². The number of para-hydroxylation sites is 1. The number of amides is 2. The van der Waals surface area contributed by atoms with Crippen molar-refractivity contribution in [2.24, 2.45) is 0 Å². The lowest BCUT2D eigenvalue weighted by Gasteiger charge is -2.28. The van der Waals surface area contributed by atoms with Gasteiger partial charge in [0.1, 0.15) is 0 Å². The number of hydrogen-bond donors (Lipinski definition) is 1. The van der Waals surface area contributed by atoms with Crippen molar-refractivity contribution >= 4 is 23.2 Å². The molecule has 0 atom stereocenters. The molecular weight excluding hydrogens is 308 g/mol. The minimum atomic E-state index is -0.662. The molecule has 2 aliphatic heterocycles. The van der Waals surface area contributed by atoms with Crippen LogP contribution in [-0.2, 0) is 16.0 Å². The van der Waals surface area contributed by atoms with Crippen LogP contribution in [0.2, 0.25) is 0 Å². The Kier molecular flexibility index (Phi) is 3.57. The summed E-state index contributed by atoms with van der Waals surface area (Å²) >= 11 is 0. The highest BCUT2D eigenvalue weighted by Gasteiger charge is 2.27. The van der Waals surface area contributed by atoms with Gasteiger partial charge in [-0.3, -0.25) is 9.59 Å². The van der Waals surface area contributed by atoms with Gasteiger partial charge in [0, 0.05) is 24.0 Å². The number of fused-ring (bicyclic) bond motifs is 2. The number of anilines is 2. The molecular formula is C18H16N2O4. The molecule has 0 saturated heterocycles. The fourth-order valence-electron chi connectivity index (χ4n) is 3.03. The van der Waals surface area contributed by atoms with Gasteiger partial charge in [-0.2, -0.15) is 0 Å². The van der Waals surface area contributed by atoms with E-state index in [1.165, 1.54) is 0 Å². The Morgan fingerprint density at radius 2 is 1.88 bits per heavy atom. The topological polar surface area (TPSA) is 67.9 Å². The maximum absolute atomic E-state index is 12.6. The number of nitrogens with one attached hydrogen (secondary N) is 1. The number of hydrogen-bond acceptors (Lipinski definition) is 4. The third kappa shape index (κ3) is 2.56. The van der Waals surface area contributed by atoms with Crippen LogP contribution in [0.25, 0.3) is 0 Å². The average molecular weight is 324 g/mol. The van der Waals surface area contributed by atoms with Gasteiger partial charge in [-0.25, -0.2) is 0 Å². The van der Waals surface area contributed by atoms with Gasteiger partial charge < -0.3 is 19.7 Å². The molecule has 0 bridgehead atoms. The van der Waals surface area contributed by atoms with Crippen LogP contribution < -0.4 is 19.7 Å². The summed E-state index contributed by atoms with van der Waals surface area (Å²) in [5.41, 5.74) is 2.41. The van der Waals surface area contributed by atoms with Crippen molar-refractivity contribution in [2.75, 3.05) is 23.6 Å². The Bertz CT molecular complexity index is 818. The second kappa shape index (κ2) is 5.88. The maximum Gasteiger partial charge on any atom is 0.316 e. The monoisotopic (exact) mass is 324 g/mol. The van der Waals surface area contributed by atoms with Crippen LogP contribution in [0.15, 0.2) is 42.5 Å². The van der Waals surface area contributed by atoms with Gasteiger partial charge in [-0.15, -0.1) is 0 Å². The van der Waals surface area contributed by atoms with Crippen LogP contribution in [0.4, 0.5) is 11.4 Å². The number of nitrogens with zero attached hydrogens (tertiary/aromatic N) is 1. The Hall–Kier alpha value is -3.02. The van der Waals surface area contributed by atoms with E-state index in [4.69, 9.17) is 9.47 Å². The van der Waals surface area contributed by atoms with Gasteiger partial charge in [0.25, 0.3) is 0 Å². The molecule has 0 unspecified atom stereocenters. The van der Waals surface area contributed by atoms with E-state index in [0.29, 0.717) is 23.7 Å². The SMILES string of the molecule is O=C(Nc1ccc2c(c1)OCO2)C(=O)N1CCCc2ccccc21. The summed E-state index contributed by atoms with van der Waals surface area (Å²) < 4.78 is 10.5. The highest BCUT2D eigenvalue weighted by Crippen LogP contribution is 2.34. The average Bonchev–Trinajstić information content (AvgIpc) is 3.08. The molecule has 2 aliphatic rings. The second-order valence-corrected chi connectivity index (χ2v) is 5.71. The molecule has 24 heavy (non-hydrogen) atoms. The number of benzene rings is 2. The number of ether oxygens (including phenoxy) is 2. The summed E-state index contributed by atoms with van der Waals surface area (Å²) in [5.74, 6) is -0.0294. The summed E-state index contributed by atoms with van der Waals surface area (Å²) in [6, 6.07) is 12.7. The first kappa shape index (κ1) is 14.6. The van der Waals surface area contributed by atoms with Crippen LogP contribution in [0, 0.1) is 0 Å². The van der Waals surface area contributed by atoms with E-state index in [0.717, 1.165) is 24.1 Å². The highest BCUT2D eigenvalue weighted by molar-refractivity contribution is 6.44. The van der Waals surface area contributed by atoms with Gasteiger partial charge in [0.15, 0.2) is 11.5 Å². The molecule has 0 aromatic heterocycles. The zero-order chi connectivity index (χ0) is 16.5. The van der Waals surface area contributed by atoms with Crippen molar-refractivity contribution in [1.29, 1.82) is 0 Å². The van der Waals surface area contributed by atoms with E-state index in [-0.39, 0.29) is 6.79 Å². The van der Waals surface area contributed by atoms with Crippen LogP contribution in [0.5, 0.6) is 11.5 Å². The van der Waals surface area contributed by atoms with E-state index >= 15 is 0 Å². The molecule has 6 heteroatoms. The van der Waals surface area contributed by atoms with Gasteiger partial charge in [0.2, 0.25) is 6.79 Å². The van der Waals surface area contributed by atoms with Crippen LogP contribution in [-0.4, -0.2) is 25.2 Å². The van der Waals surface area contributed by atoms with E-state index < -0.39 is 11.8 Å². The number of aryl methyl sites for hydroxylation is 1. The van der Waals surface area contributed by atoms with Crippen molar-refractivity contribution < 1.29 is 19.1 Å². The first-order chi connectivity index (χ1) is 11.7. The Labute approximate surface area is 139 Å². The molecule has 0 fully saturated rings. The molecule has 2 amide bonds. The fraction of sp³-hybridized carbons (Fsp3) is 0.222. The van der Waals surface area contributed by atoms with Gasteiger partial charge in [-0.1, -0.05) is 18.2 Å². The van der Waals surface area contributed by atoms with E-state index in [1.807, 2.05) is 24.3 Å². The summed E-state index contributed by atoms with van der Waals surface area (Å²) in [6.07, 6.45) is 1.77. The Morgan fingerprint density at radius 3 is 2.79 bits per heavy atom. The van der Waals surface area contributed by atoms with Gasteiger partial charge >= 0.3 is 11.8 Å². The number of carbonyl (C=O) groups is 2. The van der Waals surface area contributed by atoms with E-state index in [2.05, 4.69) is 5.32 Å². The molecule has 0 radical (unpaired) electrons. The van der Waals surface area contributed by atoms with Gasteiger partial charge in [-0.05, 0) is 36.6 Å². The van der Waals surface area contributed by atoms with Gasteiger partial charge in [0.05, 0.1) is 0 Å². The molecule has 0 aliphatic carbocycles. The zero-order valence-electron chi connectivity index (χ0n) is 13.0. The molecule has 0 saturated carbocycles. The predicted octanol–water partition coefficient (Wildman–Crippen LogP) is 2.33. The molecule has 2 heterocycles. The largest absolute Gasteiger partial charge is 0.454 e. The number of rotatable bonds is 1. The normalized spacial score (nSPS) is 14.9. The Morgan fingerprint density at radius 1 is 1.04 bits per heavy atom. The van der Waals surface area contributed by atoms with E-state index in [1.54, 1.807) is 23.1 Å². The summed E-state index contributed by atoms with van der Waals surface area (Å²) in [7, 11) is 0. The third-order valence-corrected chi connectivity index (χ3v) is 4.18. The molecule has 122 valence electrons. The molecule has 0 spiro atoms. The van der Waals surface area contributed by atoms with E-state index in [9.17, 15) is 9.59 Å². The lowest BCUT2D eigenvalue weighted by atomic mass is 10.0. The summed E-state index contributed by atoms with van der Waals surface area (Å²) in [6.45, 7) is 0.709. The predicted molar refractivity (Wildman–Crippen MR) is 88.3 cm³/mol. The maximum atomic E-state index is 12.6. The van der Waals surface area contributed by atoms with Crippen molar-refractivity contribution in [3.63, 3.8) is 0 Å². The lowest BCUT2D eigenvalue weighted by molar-refractivity contribution is -0.134. The lowest BCUT2D eigenvalue weighted by Crippen LogP contribution is -2.42. The molecule has 1 N–H and O–H groups in total. The summed E-state index contributed by atoms with van der Waals surface area (Å²) in [5, 5.41) is 2.63. The smallest absolute Gasteiger partial charge is 0.316 e. The fourth-order valence-corrected chi connectivity index (χ4v) is 3.03. The summed E-state index contributed by atoms with van der Waals surface area (Å²) in [4.78, 5) is 26.4. The van der Waals surface area contributed by atoms with Crippen LogP contribution in [0.3, 0.4) is 0 Å². The Balaban J connectivity index is 1.52. The van der Waals surface area contributed by atoms with Crippen molar-refractivity contribution in [1.82, 2.24) is 0 Å². The van der Waals surface area contributed by atoms with Crippen molar-refractivity contribution in [2.45, 2.75) is 12.8 Å². The minimum absolute atomic E-state index is 0.163.